The molecule has 0 aromatic rings. The van der Waals surface area contributed by atoms with Crippen LogP contribution in [0.25, 0.3) is 4.13 Å². The van der Waals surface area contributed by atoms with Gasteiger partial charge in [0.15, 0.2) is 20.0 Å². The van der Waals surface area contributed by atoms with Gasteiger partial charge in [0.2, 0.25) is 0 Å². The first kappa shape index (κ1) is 33.6. The molecule has 0 unspecified atom stereocenters. The van der Waals surface area contributed by atoms with Gasteiger partial charge >= 0.3 is 11.0 Å². The lowest BCUT2D eigenvalue weighted by molar-refractivity contribution is -0.890. The topological polar surface area (TPSA) is 82.4 Å². The second kappa shape index (κ2) is 14.6. The van der Waals surface area contributed by atoms with E-state index in [4.69, 9.17) is 0 Å². The number of sulfonamides is 2. The first-order chi connectivity index (χ1) is 14.3. The lowest BCUT2D eigenvalue weighted by Gasteiger charge is -2.30. The van der Waals surface area contributed by atoms with Crippen LogP contribution in [0.3, 0.4) is 0 Å². The Kier molecular flexibility index (Phi) is 15.3. The molecule has 0 N–H and O–H groups in total. The molecule has 0 saturated heterocycles. The Bertz CT molecular complexity index is 664. The molecule has 32 heavy (non-hydrogen) atoms. The lowest BCUT2D eigenvalue weighted by atomic mass is 10.1. The Labute approximate surface area is 188 Å². The Morgan fingerprint density at radius 1 is 0.594 bits per heavy atom. The van der Waals surface area contributed by atoms with E-state index < -0.39 is 31.1 Å². The van der Waals surface area contributed by atoms with Crippen LogP contribution in [-0.2, 0) is 20.0 Å². The van der Waals surface area contributed by atoms with Crippen molar-refractivity contribution in [2.24, 2.45) is 0 Å². The third-order valence-corrected chi connectivity index (χ3v) is 7.26. The van der Waals surface area contributed by atoms with E-state index in [1.807, 2.05) is 0 Å². The van der Waals surface area contributed by atoms with Crippen LogP contribution in [-0.4, -0.2) is 59.5 Å². The largest absolute Gasteiger partial charge is 0.480 e. The van der Waals surface area contributed by atoms with Gasteiger partial charge in [0.05, 0.1) is 27.2 Å². The average molecular weight is 523 g/mol. The van der Waals surface area contributed by atoms with Crippen LogP contribution >= 0.6 is 0 Å². The molecule has 14 heteroatoms. The molecule has 0 saturated carbocycles. The van der Waals surface area contributed by atoms with Gasteiger partial charge in [0.1, 0.15) is 0 Å². The molecule has 0 rings (SSSR count). The predicted octanol–water partition coefficient (Wildman–Crippen LogP) is 6.06. The van der Waals surface area contributed by atoms with Crippen molar-refractivity contribution >= 4 is 20.0 Å². The Morgan fingerprint density at radius 2 is 0.875 bits per heavy atom. The summed E-state index contributed by atoms with van der Waals surface area (Å²) in [5, 5.41) is 0. The van der Waals surface area contributed by atoms with Crippen LogP contribution < -0.4 is 0 Å². The highest BCUT2D eigenvalue weighted by Crippen LogP contribution is 2.36. The Hall–Kier alpha value is -0.600. The summed E-state index contributed by atoms with van der Waals surface area (Å²) in [6, 6.07) is 0. The number of hydrogen-bond donors (Lipinski definition) is 0. The number of unbranched alkanes of at least 4 members (excludes halogenated alkanes) is 8. The van der Waals surface area contributed by atoms with E-state index in [9.17, 15) is 43.2 Å². The summed E-state index contributed by atoms with van der Waals surface area (Å²) in [7, 11) is -8.64. The number of alkyl halides is 6. The van der Waals surface area contributed by atoms with Crippen LogP contribution in [0.4, 0.5) is 26.3 Å². The number of rotatable bonds is 14. The zero-order valence-electron chi connectivity index (χ0n) is 19.1. The van der Waals surface area contributed by atoms with Gasteiger partial charge in [-0.25, -0.2) is 16.8 Å². The van der Waals surface area contributed by atoms with Crippen molar-refractivity contribution < 1.29 is 47.7 Å². The zero-order valence-corrected chi connectivity index (χ0v) is 20.7. The summed E-state index contributed by atoms with van der Waals surface area (Å²) in [4.78, 5) is 0. The van der Waals surface area contributed by atoms with Crippen molar-refractivity contribution in [1.82, 2.24) is 0 Å². The zero-order chi connectivity index (χ0) is 25.7. The van der Waals surface area contributed by atoms with Gasteiger partial charge in [-0.3, -0.25) is 0 Å². The van der Waals surface area contributed by atoms with Crippen molar-refractivity contribution in [2.75, 3.05) is 27.2 Å². The quantitative estimate of drug-likeness (QED) is 0.158. The fourth-order valence-corrected chi connectivity index (χ4v) is 4.32. The van der Waals surface area contributed by atoms with E-state index in [1.165, 1.54) is 81.8 Å². The second-order valence-corrected chi connectivity index (χ2v) is 11.5. The van der Waals surface area contributed by atoms with Gasteiger partial charge in [-0.05, 0) is 25.7 Å². The first-order valence-electron chi connectivity index (χ1n) is 10.5. The van der Waals surface area contributed by atoms with Gasteiger partial charge in [-0.2, -0.15) is 26.3 Å². The first-order valence-corrected chi connectivity index (χ1v) is 13.4. The number of hydrogen-bond acceptors (Lipinski definition) is 4. The third kappa shape index (κ3) is 15.3. The van der Waals surface area contributed by atoms with Gasteiger partial charge in [0.25, 0.3) is 0 Å². The maximum atomic E-state index is 11.4. The molecule has 0 heterocycles. The van der Waals surface area contributed by atoms with E-state index in [0.717, 1.165) is 4.13 Å². The van der Waals surface area contributed by atoms with Crippen molar-refractivity contribution in [1.29, 1.82) is 0 Å². The van der Waals surface area contributed by atoms with Crippen molar-refractivity contribution in [2.45, 2.75) is 89.1 Å². The van der Waals surface area contributed by atoms with Crippen LogP contribution in [0.1, 0.15) is 78.1 Å². The number of halogens is 6. The maximum absolute atomic E-state index is 11.4. The molecule has 6 nitrogen and oxygen atoms in total. The molecule has 0 bridgehead atoms. The third-order valence-electron chi connectivity index (χ3n) is 4.52. The molecular weight excluding hydrogens is 486 g/mol. The second-order valence-electron chi connectivity index (χ2n) is 8.13. The van der Waals surface area contributed by atoms with E-state index >= 15 is 0 Å². The molecule has 0 aromatic heterocycles. The summed E-state index contributed by atoms with van der Waals surface area (Å²) in [6.07, 6.45) is 14.1. The van der Waals surface area contributed by atoms with E-state index in [-0.39, 0.29) is 0 Å². The molecule has 0 radical (unpaired) electrons. The van der Waals surface area contributed by atoms with Crippen LogP contribution in [0, 0.1) is 0 Å². The van der Waals surface area contributed by atoms with Crippen LogP contribution in [0.15, 0.2) is 0 Å². The van der Waals surface area contributed by atoms with Gasteiger partial charge < -0.3 is 8.61 Å². The summed E-state index contributed by atoms with van der Waals surface area (Å²) >= 11 is 0. The van der Waals surface area contributed by atoms with Gasteiger partial charge in [-0.1, -0.05) is 52.4 Å². The molecular formula is C18H36F6N2O4S2. The monoisotopic (exact) mass is 522 g/mol. The van der Waals surface area contributed by atoms with E-state index in [0.29, 0.717) is 0 Å². The summed E-state index contributed by atoms with van der Waals surface area (Å²) in [5.41, 5.74) is -12.4. The van der Waals surface area contributed by atoms with E-state index in [2.05, 4.69) is 27.9 Å². The average Bonchev–Trinajstić information content (AvgIpc) is 2.59. The fraction of sp³-hybridized carbons (Fsp3) is 1.00. The van der Waals surface area contributed by atoms with Crippen LogP contribution in [0.5, 0.6) is 0 Å². The standard InChI is InChI=1S/C16H36N.C2F6NO4S2/c1-5-7-9-11-12-14-16-17(3,4)15-13-10-8-6-2;3-1(4,5)14(10,11)9-15(12,13)2(6,7)8/h5-16H2,1-4H3;/q+1;-1. The van der Waals surface area contributed by atoms with Crippen LogP contribution in [0.2, 0.25) is 0 Å². The van der Waals surface area contributed by atoms with Crippen molar-refractivity contribution in [3.8, 4) is 0 Å². The molecule has 0 aliphatic heterocycles. The summed E-state index contributed by atoms with van der Waals surface area (Å²) < 4.78 is 110. The fourth-order valence-electron chi connectivity index (χ4n) is 2.61. The molecule has 0 spiro atoms. The van der Waals surface area contributed by atoms with Gasteiger partial charge in [-0.15, -0.1) is 0 Å². The minimum atomic E-state index is -6.72. The molecule has 196 valence electrons. The highest BCUT2D eigenvalue weighted by Gasteiger charge is 2.46. The lowest BCUT2D eigenvalue weighted by Crippen LogP contribution is -2.41. The number of quaternary nitrogens is 1. The molecule has 0 aliphatic rings. The smallest absolute Gasteiger partial charge is 0.421 e. The predicted molar refractivity (Wildman–Crippen MR) is 113 cm³/mol. The minimum Gasteiger partial charge on any atom is -0.421 e. The summed E-state index contributed by atoms with van der Waals surface area (Å²) in [5.74, 6) is 0. The van der Waals surface area contributed by atoms with E-state index in [1.54, 1.807) is 0 Å². The van der Waals surface area contributed by atoms with Crippen molar-refractivity contribution in [3.63, 3.8) is 0 Å². The normalized spacial score (nSPS) is 13.6. The van der Waals surface area contributed by atoms with Gasteiger partial charge in [0, 0.05) is 0 Å². The highest BCUT2D eigenvalue weighted by molar-refractivity contribution is 8.13. The molecule has 0 fully saturated rings. The SMILES string of the molecule is CCCCCCCC[N+](C)(C)CCCCCC.O=S(=O)([N-]S(=O)(=O)C(F)(F)F)C(F)(F)F. The molecule has 0 aromatic carbocycles. The summed E-state index contributed by atoms with van der Waals surface area (Å²) in [6.45, 7) is 7.32. The molecule has 0 aliphatic carbocycles. The Balaban J connectivity index is 0. The maximum Gasteiger partial charge on any atom is 0.480 e. The Morgan fingerprint density at radius 3 is 1.19 bits per heavy atom. The molecule has 0 amide bonds. The molecule has 0 atom stereocenters. The van der Waals surface area contributed by atoms with Crippen molar-refractivity contribution in [3.05, 3.63) is 4.13 Å². The minimum absolute atomic E-state index is 0.778. The number of nitrogens with zero attached hydrogens (tertiary/aromatic N) is 2. The highest BCUT2D eigenvalue weighted by atomic mass is 32.3.